The van der Waals surface area contributed by atoms with Crippen LogP contribution in [0.1, 0.15) is 9.60 Å². The van der Waals surface area contributed by atoms with Gasteiger partial charge in [0.05, 0.1) is 9.60 Å². The Labute approximate surface area is 164 Å². The van der Waals surface area contributed by atoms with Crippen LogP contribution < -0.4 is 5.32 Å². The van der Waals surface area contributed by atoms with Gasteiger partial charge >= 0.3 is 0 Å². The third-order valence-electron chi connectivity index (χ3n) is 4.53. The second-order valence-electron chi connectivity index (χ2n) is 6.19. The molecule has 1 N–H and O–H groups in total. The van der Waals surface area contributed by atoms with Gasteiger partial charge in [0.1, 0.15) is 22.3 Å². The molecule has 0 saturated heterocycles. The second-order valence-corrected chi connectivity index (χ2v) is 6.19. The Balaban J connectivity index is 1.56. The maximum absolute atomic E-state index is 8.66. The Kier molecular flexibility index (Phi) is 1.85. The van der Waals surface area contributed by atoms with Gasteiger partial charge in [0.15, 0.2) is 0 Å². The van der Waals surface area contributed by atoms with E-state index in [1.807, 2.05) is 30.3 Å². The van der Waals surface area contributed by atoms with Crippen LogP contribution in [0.4, 0.5) is 11.4 Å². The molecular weight excluding hydrogens is 334 g/mol. The predicted octanol–water partition coefficient (Wildman–Crippen LogP) is 7.23. The molecule has 6 rings (SSSR count). The van der Waals surface area contributed by atoms with E-state index in [-0.39, 0.29) is 57.8 Å². The van der Waals surface area contributed by atoms with Gasteiger partial charge in [0, 0.05) is 45.0 Å². The average Bonchev–Trinajstić information content (AvgIpc) is 3.41. The molecule has 3 heteroatoms. The maximum atomic E-state index is 8.66. The molecule has 0 aliphatic carbocycles. The summed E-state index contributed by atoms with van der Waals surface area (Å²) in [6.45, 7) is 0. The third-order valence-corrected chi connectivity index (χ3v) is 4.53. The predicted molar refractivity (Wildman–Crippen MR) is 111 cm³/mol. The van der Waals surface area contributed by atoms with Gasteiger partial charge in [-0.15, -0.1) is 0 Å². The van der Waals surface area contributed by atoms with Crippen molar-refractivity contribution in [3.05, 3.63) is 84.8 Å². The summed E-state index contributed by atoms with van der Waals surface area (Å²) in [4.78, 5) is 0. The summed E-state index contributed by atoms with van der Waals surface area (Å²) in [5.74, 6) is 0. The Morgan fingerprint density at radius 1 is 0.630 bits per heavy atom. The van der Waals surface area contributed by atoms with E-state index < -0.39 is 12.1 Å². The van der Waals surface area contributed by atoms with Crippen LogP contribution in [-0.4, -0.2) is 0 Å². The largest absolute Gasteiger partial charge is 0.456 e. The van der Waals surface area contributed by atoms with E-state index in [1.165, 1.54) is 0 Å². The quantitative estimate of drug-likeness (QED) is 0.356. The highest BCUT2D eigenvalue weighted by molar-refractivity contribution is 6.07. The molecule has 0 bridgehead atoms. The lowest BCUT2D eigenvalue weighted by molar-refractivity contribution is 0.669. The molecule has 0 atom stereocenters. The van der Waals surface area contributed by atoms with Crippen LogP contribution in [0, 0.1) is 0 Å². The van der Waals surface area contributed by atoms with Crippen LogP contribution in [0.2, 0.25) is 0 Å². The van der Waals surface area contributed by atoms with Gasteiger partial charge in [-0.05, 0) is 36.3 Å². The standard InChI is InChI=1S/C24H15NO2/c1-3-7-21-17(5-1)19-11-9-15(13-23(19)26-21)25-16-10-12-20-18-6-2-4-8-22(18)27-24(20)14-16/h1-14,25H/i1D,3D,5D,7D,9D,11D,13D. The molecule has 2 aromatic heterocycles. The average molecular weight is 356 g/mol. The summed E-state index contributed by atoms with van der Waals surface area (Å²) < 4.78 is 69.5. The van der Waals surface area contributed by atoms with Gasteiger partial charge in [0.25, 0.3) is 0 Å². The first-order valence-electron chi connectivity index (χ1n) is 11.9. The fraction of sp³-hybridized carbons (Fsp3) is 0. The van der Waals surface area contributed by atoms with E-state index in [9.17, 15) is 0 Å². The van der Waals surface area contributed by atoms with Crippen LogP contribution >= 0.6 is 0 Å². The number of para-hydroxylation sites is 2. The van der Waals surface area contributed by atoms with Crippen LogP contribution in [-0.2, 0) is 0 Å². The second kappa shape index (κ2) is 5.39. The Hall–Kier alpha value is -3.72. The number of furan rings is 2. The highest BCUT2D eigenvalue weighted by Crippen LogP contribution is 2.33. The number of anilines is 2. The molecule has 4 aromatic carbocycles. The Morgan fingerprint density at radius 2 is 1.44 bits per heavy atom. The molecule has 0 saturated carbocycles. The van der Waals surface area contributed by atoms with Crippen molar-refractivity contribution < 1.29 is 18.4 Å². The molecule has 27 heavy (non-hydrogen) atoms. The first-order valence-corrected chi connectivity index (χ1v) is 8.38. The van der Waals surface area contributed by atoms with Gasteiger partial charge < -0.3 is 14.2 Å². The zero-order valence-corrected chi connectivity index (χ0v) is 13.9. The van der Waals surface area contributed by atoms with Gasteiger partial charge in [0.2, 0.25) is 0 Å². The fourth-order valence-corrected chi connectivity index (χ4v) is 3.31. The van der Waals surface area contributed by atoms with Crippen molar-refractivity contribution in [2.24, 2.45) is 0 Å². The zero-order chi connectivity index (χ0) is 23.9. The molecular formula is C24H15NO2. The van der Waals surface area contributed by atoms with Crippen molar-refractivity contribution in [3.8, 4) is 0 Å². The summed E-state index contributed by atoms with van der Waals surface area (Å²) in [6.07, 6.45) is 0. The van der Waals surface area contributed by atoms with Gasteiger partial charge in [-0.25, -0.2) is 0 Å². The minimum atomic E-state index is -0.460. The molecule has 0 unspecified atom stereocenters. The van der Waals surface area contributed by atoms with E-state index in [4.69, 9.17) is 18.4 Å². The topological polar surface area (TPSA) is 38.3 Å². The van der Waals surface area contributed by atoms with Crippen molar-refractivity contribution in [3.63, 3.8) is 0 Å². The number of hydrogen-bond donors (Lipinski definition) is 1. The van der Waals surface area contributed by atoms with Gasteiger partial charge in [-0.2, -0.15) is 0 Å². The monoisotopic (exact) mass is 356 g/mol. The lowest BCUT2D eigenvalue weighted by Crippen LogP contribution is -1.89. The molecule has 0 amide bonds. The molecule has 0 radical (unpaired) electrons. The lowest BCUT2D eigenvalue weighted by atomic mass is 10.1. The normalized spacial score (nSPS) is 15.3. The molecule has 0 aliphatic heterocycles. The molecule has 0 aliphatic rings. The molecule has 0 spiro atoms. The number of nitrogens with one attached hydrogen (secondary N) is 1. The van der Waals surface area contributed by atoms with Crippen LogP contribution in [0.3, 0.4) is 0 Å². The van der Waals surface area contributed by atoms with Crippen molar-refractivity contribution in [2.75, 3.05) is 5.32 Å². The number of benzene rings is 4. The first kappa shape index (κ1) is 9.28. The van der Waals surface area contributed by atoms with E-state index >= 15 is 0 Å². The van der Waals surface area contributed by atoms with Crippen molar-refractivity contribution in [1.29, 1.82) is 0 Å². The fourth-order valence-electron chi connectivity index (χ4n) is 3.31. The Bertz CT molecular complexity index is 1820. The SMILES string of the molecule is [2H]c1c([2H])c([2H])c2c(oc3c([2H])c(Nc4ccc5c(c4)oc4ccccc45)c([2H])c([2H])c32)c1[2H]. The molecule has 2 heterocycles. The van der Waals surface area contributed by atoms with Crippen molar-refractivity contribution in [1.82, 2.24) is 0 Å². The summed E-state index contributed by atoms with van der Waals surface area (Å²) in [5.41, 5.74) is 1.74. The number of rotatable bonds is 2. The molecule has 0 fully saturated rings. The first-order chi connectivity index (χ1) is 16.3. The summed E-state index contributed by atoms with van der Waals surface area (Å²) >= 11 is 0. The van der Waals surface area contributed by atoms with Crippen molar-refractivity contribution >= 4 is 55.3 Å². The van der Waals surface area contributed by atoms with Crippen LogP contribution in [0.25, 0.3) is 43.9 Å². The highest BCUT2D eigenvalue weighted by atomic mass is 16.3. The number of fused-ring (bicyclic) bond motifs is 6. The number of hydrogen-bond acceptors (Lipinski definition) is 3. The Morgan fingerprint density at radius 3 is 2.44 bits per heavy atom. The van der Waals surface area contributed by atoms with E-state index in [0.29, 0.717) is 11.3 Å². The maximum Gasteiger partial charge on any atom is 0.137 e. The lowest BCUT2D eigenvalue weighted by Gasteiger charge is -2.06. The smallest absolute Gasteiger partial charge is 0.137 e. The van der Waals surface area contributed by atoms with Crippen molar-refractivity contribution in [2.45, 2.75) is 0 Å². The summed E-state index contributed by atoms with van der Waals surface area (Å²) in [6, 6.07) is 10.6. The van der Waals surface area contributed by atoms with E-state index in [2.05, 4.69) is 5.32 Å². The van der Waals surface area contributed by atoms with E-state index in [1.54, 1.807) is 12.1 Å². The van der Waals surface area contributed by atoms with Gasteiger partial charge in [-0.1, -0.05) is 36.3 Å². The van der Waals surface area contributed by atoms with Crippen LogP contribution in [0.15, 0.2) is 93.6 Å². The molecule has 3 nitrogen and oxygen atoms in total. The molecule has 6 aromatic rings. The van der Waals surface area contributed by atoms with E-state index in [0.717, 1.165) is 16.4 Å². The zero-order valence-electron chi connectivity index (χ0n) is 20.9. The molecule has 128 valence electrons. The minimum Gasteiger partial charge on any atom is -0.456 e. The van der Waals surface area contributed by atoms with Gasteiger partial charge in [-0.3, -0.25) is 0 Å². The van der Waals surface area contributed by atoms with Crippen LogP contribution in [0.5, 0.6) is 0 Å². The highest BCUT2D eigenvalue weighted by Gasteiger charge is 2.09. The third kappa shape index (κ3) is 2.22. The summed E-state index contributed by atoms with van der Waals surface area (Å²) in [5, 5.41) is 4.95. The minimum absolute atomic E-state index is 0.00300. The summed E-state index contributed by atoms with van der Waals surface area (Å²) in [7, 11) is 0.